The second-order valence-corrected chi connectivity index (χ2v) is 7.89. The van der Waals surface area contributed by atoms with Crippen molar-refractivity contribution in [2.24, 2.45) is 0 Å². The zero-order chi connectivity index (χ0) is 15.3. The highest BCUT2D eigenvalue weighted by Crippen LogP contribution is 2.06. The van der Waals surface area contributed by atoms with E-state index in [9.17, 15) is 13.2 Å². The van der Waals surface area contributed by atoms with Gasteiger partial charge < -0.3 is 15.4 Å². The molecule has 2 heterocycles. The van der Waals surface area contributed by atoms with Crippen LogP contribution in [0.3, 0.4) is 0 Å². The zero-order valence-corrected chi connectivity index (χ0v) is 13.3. The summed E-state index contributed by atoms with van der Waals surface area (Å²) in [6, 6.07) is -0.275. The summed E-state index contributed by atoms with van der Waals surface area (Å²) in [7, 11) is -3.00. The summed E-state index contributed by atoms with van der Waals surface area (Å²) in [5.41, 5.74) is 0. The molecule has 0 aliphatic carbocycles. The third-order valence-corrected chi connectivity index (χ3v) is 5.67. The van der Waals surface area contributed by atoms with Crippen LogP contribution in [0.5, 0.6) is 0 Å². The molecule has 8 heteroatoms. The number of amides is 1. The summed E-state index contributed by atoms with van der Waals surface area (Å²) >= 11 is 0. The smallest absolute Gasteiger partial charge is 0.221 e. The number of carbonyl (C=O) groups excluding carboxylic acids is 1. The van der Waals surface area contributed by atoms with E-state index in [1.165, 1.54) is 0 Å². The Hall–Kier alpha value is -0.700. The molecule has 2 aliphatic heterocycles. The van der Waals surface area contributed by atoms with Crippen LogP contribution >= 0.6 is 0 Å². The number of hydrogen-bond donors (Lipinski definition) is 2. The van der Waals surface area contributed by atoms with Crippen molar-refractivity contribution in [3.05, 3.63) is 0 Å². The van der Waals surface area contributed by atoms with E-state index in [0.29, 0.717) is 19.7 Å². The van der Waals surface area contributed by atoms with Gasteiger partial charge in [0.25, 0.3) is 0 Å². The van der Waals surface area contributed by atoms with Crippen LogP contribution in [0.2, 0.25) is 0 Å². The van der Waals surface area contributed by atoms with E-state index < -0.39 is 9.84 Å². The highest BCUT2D eigenvalue weighted by atomic mass is 32.2. The molecule has 2 atom stereocenters. The first kappa shape index (κ1) is 16.7. The van der Waals surface area contributed by atoms with Gasteiger partial charge in [0, 0.05) is 38.6 Å². The molecule has 2 unspecified atom stereocenters. The van der Waals surface area contributed by atoms with Crippen molar-refractivity contribution in [3.8, 4) is 0 Å². The van der Waals surface area contributed by atoms with Gasteiger partial charge in [-0.15, -0.1) is 0 Å². The molecule has 0 radical (unpaired) electrons. The first-order chi connectivity index (χ1) is 9.98. The van der Waals surface area contributed by atoms with Gasteiger partial charge in [0.15, 0.2) is 9.84 Å². The molecule has 2 N–H and O–H groups in total. The summed E-state index contributed by atoms with van der Waals surface area (Å²) in [5.74, 6) is 0.0829. The van der Waals surface area contributed by atoms with Gasteiger partial charge in [-0.2, -0.15) is 0 Å². The third-order valence-electron chi connectivity index (χ3n) is 3.93. The van der Waals surface area contributed by atoms with Gasteiger partial charge in [0.1, 0.15) is 0 Å². The lowest BCUT2D eigenvalue weighted by Crippen LogP contribution is -2.50. The lowest BCUT2D eigenvalue weighted by molar-refractivity contribution is -0.122. The Balaban J connectivity index is 1.70. The average molecular weight is 319 g/mol. The van der Waals surface area contributed by atoms with E-state index in [0.717, 1.165) is 19.6 Å². The fourth-order valence-corrected chi connectivity index (χ4v) is 4.16. The van der Waals surface area contributed by atoms with Crippen molar-refractivity contribution < 1.29 is 17.9 Å². The van der Waals surface area contributed by atoms with Gasteiger partial charge in [-0.05, 0) is 6.54 Å². The molecule has 0 bridgehead atoms. The van der Waals surface area contributed by atoms with Crippen LogP contribution in [0.1, 0.15) is 13.3 Å². The Labute approximate surface area is 126 Å². The van der Waals surface area contributed by atoms with Crippen LogP contribution in [0, 0.1) is 0 Å². The minimum atomic E-state index is -3.00. The average Bonchev–Trinajstić information content (AvgIpc) is 2.44. The van der Waals surface area contributed by atoms with Gasteiger partial charge in [-0.3, -0.25) is 9.69 Å². The number of ether oxygens (including phenoxy) is 1. The lowest BCUT2D eigenvalue weighted by atomic mass is 10.2. The van der Waals surface area contributed by atoms with E-state index in [2.05, 4.69) is 22.5 Å². The van der Waals surface area contributed by atoms with Crippen molar-refractivity contribution >= 4 is 15.7 Å². The fourth-order valence-electron chi connectivity index (χ4n) is 2.71. The first-order valence-corrected chi connectivity index (χ1v) is 9.35. The van der Waals surface area contributed by atoms with Gasteiger partial charge in [-0.1, -0.05) is 6.92 Å². The fraction of sp³-hybridized carbons (Fsp3) is 0.923. The quantitative estimate of drug-likeness (QED) is 0.648. The molecular formula is C13H25N3O4S. The maximum Gasteiger partial charge on any atom is 0.221 e. The zero-order valence-electron chi connectivity index (χ0n) is 12.5. The monoisotopic (exact) mass is 319 g/mol. The van der Waals surface area contributed by atoms with Gasteiger partial charge >= 0.3 is 0 Å². The summed E-state index contributed by atoms with van der Waals surface area (Å²) in [5, 5.41) is 5.93. The molecule has 2 saturated heterocycles. The number of rotatable bonds is 5. The number of hydrogen-bond acceptors (Lipinski definition) is 6. The molecule has 1 amide bonds. The van der Waals surface area contributed by atoms with Crippen molar-refractivity contribution in [3.63, 3.8) is 0 Å². The number of carbonyl (C=O) groups is 1. The van der Waals surface area contributed by atoms with Crippen molar-refractivity contribution in [2.45, 2.75) is 25.5 Å². The van der Waals surface area contributed by atoms with Crippen LogP contribution in [0.25, 0.3) is 0 Å². The van der Waals surface area contributed by atoms with E-state index in [-0.39, 0.29) is 36.0 Å². The van der Waals surface area contributed by atoms with E-state index in [1.807, 2.05) is 0 Å². The highest BCUT2D eigenvalue weighted by Gasteiger charge is 2.26. The van der Waals surface area contributed by atoms with Crippen LogP contribution in [-0.2, 0) is 19.4 Å². The largest absolute Gasteiger partial charge is 0.374 e. The number of nitrogens with one attached hydrogen (secondary N) is 2. The lowest BCUT2D eigenvalue weighted by Gasteiger charge is -2.32. The Morgan fingerprint density at radius 1 is 1.48 bits per heavy atom. The molecule has 0 aromatic carbocycles. The molecule has 2 aliphatic rings. The number of nitrogens with zero attached hydrogens (tertiary/aromatic N) is 1. The molecule has 7 nitrogen and oxygen atoms in total. The second-order valence-electron chi connectivity index (χ2n) is 5.66. The van der Waals surface area contributed by atoms with Crippen molar-refractivity contribution in [1.82, 2.24) is 15.5 Å². The topological polar surface area (TPSA) is 87.7 Å². The van der Waals surface area contributed by atoms with Crippen molar-refractivity contribution in [2.75, 3.05) is 50.8 Å². The first-order valence-electron chi connectivity index (χ1n) is 7.53. The molecule has 0 saturated carbocycles. The molecule has 0 aromatic rings. The number of sulfone groups is 1. The standard InChI is InChI=1S/C13H25N3O4S/c1-2-16-4-5-20-12(9-16)8-15-13(17)7-11-10-21(18,19)6-3-14-11/h11-12,14H,2-10H2,1H3,(H,15,17). The van der Waals surface area contributed by atoms with Crippen LogP contribution in [0.4, 0.5) is 0 Å². The Kier molecular flexibility index (Phi) is 5.98. The van der Waals surface area contributed by atoms with E-state index in [4.69, 9.17) is 4.74 Å². The van der Waals surface area contributed by atoms with Gasteiger partial charge in [0.2, 0.25) is 5.91 Å². The molecular weight excluding hydrogens is 294 g/mol. The maximum absolute atomic E-state index is 11.9. The Morgan fingerprint density at radius 3 is 3.00 bits per heavy atom. The van der Waals surface area contributed by atoms with Crippen LogP contribution in [-0.4, -0.2) is 82.2 Å². The minimum absolute atomic E-state index is 0.0192. The summed E-state index contributed by atoms with van der Waals surface area (Å²) in [4.78, 5) is 14.2. The van der Waals surface area contributed by atoms with Gasteiger partial charge in [-0.25, -0.2) is 8.42 Å². The normalized spacial score (nSPS) is 30.0. The van der Waals surface area contributed by atoms with Crippen LogP contribution < -0.4 is 10.6 Å². The maximum atomic E-state index is 11.9. The predicted molar refractivity (Wildman–Crippen MR) is 79.9 cm³/mol. The molecule has 21 heavy (non-hydrogen) atoms. The minimum Gasteiger partial charge on any atom is -0.374 e. The predicted octanol–water partition coefficient (Wildman–Crippen LogP) is -1.40. The Bertz CT molecular complexity index is 454. The van der Waals surface area contributed by atoms with E-state index in [1.54, 1.807) is 0 Å². The molecule has 2 rings (SSSR count). The summed E-state index contributed by atoms with van der Waals surface area (Å²) in [6.45, 7) is 6.45. The SMILES string of the molecule is CCN1CCOC(CNC(=O)CC2CS(=O)(=O)CCN2)C1. The summed E-state index contributed by atoms with van der Waals surface area (Å²) < 4.78 is 28.7. The third kappa shape index (κ3) is 5.54. The molecule has 0 spiro atoms. The molecule has 0 aromatic heterocycles. The van der Waals surface area contributed by atoms with Gasteiger partial charge in [0.05, 0.1) is 24.2 Å². The second kappa shape index (κ2) is 7.53. The number of likely N-dealkylation sites (N-methyl/N-ethyl adjacent to an activating group) is 1. The summed E-state index contributed by atoms with van der Waals surface area (Å²) in [6.07, 6.45) is 0.217. The van der Waals surface area contributed by atoms with Crippen LogP contribution in [0.15, 0.2) is 0 Å². The van der Waals surface area contributed by atoms with Crippen molar-refractivity contribution in [1.29, 1.82) is 0 Å². The molecule has 122 valence electrons. The van der Waals surface area contributed by atoms with E-state index >= 15 is 0 Å². The highest BCUT2D eigenvalue weighted by molar-refractivity contribution is 7.91. The molecule has 2 fully saturated rings. The Morgan fingerprint density at radius 2 is 2.29 bits per heavy atom. The number of morpholine rings is 1.